The minimum atomic E-state index is 0.336. The highest BCUT2D eigenvalue weighted by molar-refractivity contribution is 4.95. The van der Waals surface area contributed by atoms with E-state index in [0.29, 0.717) is 23.5 Å². The standard InChI is InChI=1S/C13H26N2O/c1-10-8-15(6-7-16-10)9-11-4-5-13(2,3)12(11)14/h10-12H,4-9,14H2,1-3H3. The molecule has 94 valence electrons. The van der Waals surface area contributed by atoms with Crippen LogP contribution in [0.25, 0.3) is 0 Å². The number of hydrogen-bond acceptors (Lipinski definition) is 3. The minimum Gasteiger partial charge on any atom is -0.376 e. The molecule has 1 aliphatic heterocycles. The normalized spacial score (nSPS) is 40.1. The minimum absolute atomic E-state index is 0.336. The van der Waals surface area contributed by atoms with Crippen LogP contribution in [0.2, 0.25) is 0 Å². The predicted octanol–water partition coefficient (Wildman–Crippen LogP) is 1.47. The zero-order valence-electron chi connectivity index (χ0n) is 10.9. The zero-order valence-corrected chi connectivity index (χ0v) is 10.9. The van der Waals surface area contributed by atoms with E-state index in [9.17, 15) is 0 Å². The van der Waals surface area contributed by atoms with Crippen molar-refractivity contribution in [2.75, 3.05) is 26.2 Å². The second kappa shape index (κ2) is 4.63. The maximum absolute atomic E-state index is 6.35. The smallest absolute Gasteiger partial charge is 0.0674 e. The van der Waals surface area contributed by atoms with Gasteiger partial charge in [-0.25, -0.2) is 0 Å². The van der Waals surface area contributed by atoms with Crippen molar-refractivity contribution >= 4 is 0 Å². The van der Waals surface area contributed by atoms with Crippen LogP contribution in [0.4, 0.5) is 0 Å². The third-order valence-corrected chi connectivity index (χ3v) is 4.39. The van der Waals surface area contributed by atoms with Gasteiger partial charge in [0.2, 0.25) is 0 Å². The molecule has 1 heterocycles. The van der Waals surface area contributed by atoms with Crippen LogP contribution in [0.1, 0.15) is 33.6 Å². The van der Waals surface area contributed by atoms with Gasteiger partial charge in [-0.2, -0.15) is 0 Å². The Kier molecular flexibility index (Phi) is 3.57. The molecule has 0 aromatic rings. The Labute approximate surface area is 99.3 Å². The Hall–Kier alpha value is -0.120. The summed E-state index contributed by atoms with van der Waals surface area (Å²) in [5, 5.41) is 0. The molecule has 3 heteroatoms. The van der Waals surface area contributed by atoms with E-state index in [4.69, 9.17) is 10.5 Å². The largest absolute Gasteiger partial charge is 0.376 e. The van der Waals surface area contributed by atoms with Crippen LogP contribution < -0.4 is 5.73 Å². The topological polar surface area (TPSA) is 38.5 Å². The predicted molar refractivity (Wildman–Crippen MR) is 66.3 cm³/mol. The molecule has 0 radical (unpaired) electrons. The number of ether oxygens (including phenoxy) is 1. The van der Waals surface area contributed by atoms with Crippen molar-refractivity contribution in [2.45, 2.75) is 45.8 Å². The number of nitrogens with zero attached hydrogens (tertiary/aromatic N) is 1. The lowest BCUT2D eigenvalue weighted by Crippen LogP contribution is -2.47. The van der Waals surface area contributed by atoms with E-state index < -0.39 is 0 Å². The molecule has 3 nitrogen and oxygen atoms in total. The fourth-order valence-corrected chi connectivity index (χ4v) is 3.13. The molecular weight excluding hydrogens is 200 g/mol. The molecular formula is C13H26N2O. The van der Waals surface area contributed by atoms with Gasteiger partial charge in [0.15, 0.2) is 0 Å². The summed E-state index contributed by atoms with van der Waals surface area (Å²) in [6.07, 6.45) is 2.96. The first kappa shape index (κ1) is 12.3. The van der Waals surface area contributed by atoms with E-state index in [-0.39, 0.29) is 0 Å². The molecule has 3 unspecified atom stereocenters. The van der Waals surface area contributed by atoms with Crippen molar-refractivity contribution in [1.29, 1.82) is 0 Å². The molecule has 0 spiro atoms. The van der Waals surface area contributed by atoms with Gasteiger partial charge in [0.1, 0.15) is 0 Å². The van der Waals surface area contributed by atoms with Crippen LogP contribution in [0, 0.1) is 11.3 Å². The molecule has 3 atom stereocenters. The van der Waals surface area contributed by atoms with E-state index in [0.717, 1.165) is 26.2 Å². The lowest BCUT2D eigenvalue weighted by atomic mass is 9.85. The Morgan fingerprint density at radius 2 is 2.19 bits per heavy atom. The van der Waals surface area contributed by atoms with Crippen LogP contribution in [0.15, 0.2) is 0 Å². The lowest BCUT2D eigenvalue weighted by Gasteiger charge is -2.35. The lowest BCUT2D eigenvalue weighted by molar-refractivity contribution is -0.0239. The fourth-order valence-electron chi connectivity index (χ4n) is 3.13. The third kappa shape index (κ3) is 2.58. The van der Waals surface area contributed by atoms with E-state index in [2.05, 4.69) is 25.7 Å². The summed E-state index contributed by atoms with van der Waals surface area (Å²) >= 11 is 0. The summed E-state index contributed by atoms with van der Waals surface area (Å²) < 4.78 is 5.57. The first-order valence-electron chi connectivity index (χ1n) is 6.58. The average molecular weight is 226 g/mol. The van der Waals surface area contributed by atoms with Gasteiger partial charge in [-0.1, -0.05) is 13.8 Å². The molecule has 0 aromatic heterocycles. The summed E-state index contributed by atoms with van der Waals surface area (Å²) in [5.74, 6) is 0.681. The van der Waals surface area contributed by atoms with Crippen molar-refractivity contribution in [3.8, 4) is 0 Å². The van der Waals surface area contributed by atoms with Crippen LogP contribution in [0.5, 0.6) is 0 Å². The van der Waals surface area contributed by atoms with Gasteiger partial charge in [0.25, 0.3) is 0 Å². The molecule has 1 saturated heterocycles. The summed E-state index contributed by atoms with van der Waals surface area (Å²) in [4.78, 5) is 2.53. The second-order valence-corrected chi connectivity index (χ2v) is 6.25. The maximum atomic E-state index is 6.35. The van der Waals surface area contributed by atoms with Crippen LogP contribution >= 0.6 is 0 Å². The van der Waals surface area contributed by atoms with Crippen molar-refractivity contribution in [1.82, 2.24) is 4.90 Å². The summed E-state index contributed by atoms with van der Waals surface area (Å²) in [6, 6.07) is 0.366. The molecule has 2 N–H and O–H groups in total. The fraction of sp³-hybridized carbons (Fsp3) is 1.00. The van der Waals surface area contributed by atoms with Crippen molar-refractivity contribution < 1.29 is 4.74 Å². The van der Waals surface area contributed by atoms with Gasteiger partial charge < -0.3 is 10.5 Å². The maximum Gasteiger partial charge on any atom is 0.0674 e. The SMILES string of the molecule is CC1CN(CC2CCC(C)(C)C2N)CCO1. The van der Waals surface area contributed by atoms with Crippen LogP contribution in [-0.4, -0.2) is 43.3 Å². The summed E-state index contributed by atoms with van der Waals surface area (Å²) in [6.45, 7) is 11.0. The highest BCUT2D eigenvalue weighted by Crippen LogP contribution is 2.40. The summed E-state index contributed by atoms with van der Waals surface area (Å²) in [7, 11) is 0. The van der Waals surface area contributed by atoms with Gasteiger partial charge in [-0.3, -0.25) is 4.90 Å². The number of hydrogen-bond donors (Lipinski definition) is 1. The average Bonchev–Trinajstić information content (AvgIpc) is 2.45. The van der Waals surface area contributed by atoms with E-state index in [1.165, 1.54) is 12.8 Å². The van der Waals surface area contributed by atoms with E-state index in [1.54, 1.807) is 0 Å². The second-order valence-electron chi connectivity index (χ2n) is 6.25. The number of morpholine rings is 1. The number of rotatable bonds is 2. The van der Waals surface area contributed by atoms with Crippen molar-refractivity contribution in [3.05, 3.63) is 0 Å². The molecule has 1 saturated carbocycles. The molecule has 1 aliphatic carbocycles. The first-order valence-corrected chi connectivity index (χ1v) is 6.58. The zero-order chi connectivity index (χ0) is 11.8. The third-order valence-electron chi connectivity index (χ3n) is 4.39. The molecule has 0 aromatic carbocycles. The molecule has 0 amide bonds. The Morgan fingerprint density at radius 3 is 2.75 bits per heavy atom. The highest BCUT2D eigenvalue weighted by Gasteiger charge is 2.40. The Bertz CT molecular complexity index is 242. The quantitative estimate of drug-likeness (QED) is 0.775. The Balaban J connectivity index is 1.86. The van der Waals surface area contributed by atoms with Crippen LogP contribution in [-0.2, 0) is 4.74 Å². The van der Waals surface area contributed by atoms with Gasteiger partial charge >= 0.3 is 0 Å². The van der Waals surface area contributed by atoms with Crippen LogP contribution in [0.3, 0.4) is 0 Å². The monoisotopic (exact) mass is 226 g/mol. The Morgan fingerprint density at radius 1 is 1.44 bits per heavy atom. The van der Waals surface area contributed by atoms with E-state index in [1.807, 2.05) is 0 Å². The molecule has 0 bridgehead atoms. The van der Waals surface area contributed by atoms with Crippen molar-refractivity contribution in [2.24, 2.45) is 17.1 Å². The van der Waals surface area contributed by atoms with Gasteiger partial charge in [-0.15, -0.1) is 0 Å². The first-order chi connectivity index (χ1) is 7.49. The van der Waals surface area contributed by atoms with Gasteiger partial charge in [0.05, 0.1) is 12.7 Å². The summed E-state index contributed by atoms with van der Waals surface area (Å²) in [5.41, 5.74) is 6.69. The van der Waals surface area contributed by atoms with Gasteiger partial charge in [-0.05, 0) is 31.1 Å². The number of nitrogens with two attached hydrogens (primary N) is 1. The molecule has 2 fully saturated rings. The highest BCUT2D eigenvalue weighted by atomic mass is 16.5. The van der Waals surface area contributed by atoms with Gasteiger partial charge in [0, 0.05) is 25.7 Å². The van der Waals surface area contributed by atoms with E-state index >= 15 is 0 Å². The van der Waals surface area contributed by atoms with Crippen molar-refractivity contribution in [3.63, 3.8) is 0 Å². The molecule has 2 rings (SSSR count). The molecule has 2 aliphatic rings. The molecule has 16 heavy (non-hydrogen) atoms.